The Labute approximate surface area is 135 Å². The monoisotopic (exact) mass is 324 g/mol. The summed E-state index contributed by atoms with van der Waals surface area (Å²) < 4.78 is 4.92. The van der Waals surface area contributed by atoms with E-state index in [0.29, 0.717) is 50.7 Å². The molecule has 0 aliphatic carbocycles. The predicted molar refractivity (Wildman–Crippen MR) is 84.8 cm³/mol. The van der Waals surface area contributed by atoms with Crippen LogP contribution in [-0.4, -0.2) is 61.5 Å². The number of halogens is 1. The van der Waals surface area contributed by atoms with Crippen molar-refractivity contribution in [1.29, 1.82) is 0 Å². The Bertz CT molecular complexity index is 511. The molecule has 0 N–H and O–H groups in total. The van der Waals surface area contributed by atoms with Gasteiger partial charge in [-0.25, -0.2) is 0 Å². The lowest BCUT2D eigenvalue weighted by Gasteiger charge is -2.35. The second-order valence-corrected chi connectivity index (χ2v) is 5.74. The highest BCUT2D eigenvalue weighted by atomic mass is 35.5. The van der Waals surface area contributed by atoms with Gasteiger partial charge < -0.3 is 14.5 Å². The van der Waals surface area contributed by atoms with Gasteiger partial charge in [-0.15, -0.1) is 0 Å². The molecule has 0 saturated carbocycles. The molecular formula is C16H21ClN2O3. The van der Waals surface area contributed by atoms with Gasteiger partial charge in [0.2, 0.25) is 11.8 Å². The fraction of sp³-hybridized carbons (Fsp3) is 0.500. The fourth-order valence-corrected chi connectivity index (χ4v) is 2.57. The predicted octanol–water partition coefficient (Wildman–Crippen LogP) is 1.59. The summed E-state index contributed by atoms with van der Waals surface area (Å²) in [6.07, 6.45) is 0.768. The fourth-order valence-electron chi connectivity index (χ4n) is 2.44. The summed E-state index contributed by atoms with van der Waals surface area (Å²) in [5, 5.41) is 0.666. The minimum atomic E-state index is 0.0892. The Morgan fingerprint density at radius 3 is 2.14 bits per heavy atom. The first-order chi connectivity index (χ1) is 10.6. The molecule has 5 nitrogen and oxygen atoms in total. The molecule has 1 saturated heterocycles. The summed E-state index contributed by atoms with van der Waals surface area (Å²) in [5.41, 5.74) is 0.952. The second kappa shape index (κ2) is 8.15. The van der Waals surface area contributed by atoms with Gasteiger partial charge in [-0.3, -0.25) is 9.59 Å². The van der Waals surface area contributed by atoms with Gasteiger partial charge in [-0.2, -0.15) is 0 Å². The summed E-state index contributed by atoms with van der Waals surface area (Å²) in [7, 11) is 1.58. The summed E-state index contributed by atoms with van der Waals surface area (Å²) in [4.78, 5) is 27.8. The van der Waals surface area contributed by atoms with Crippen molar-refractivity contribution in [2.45, 2.75) is 12.8 Å². The maximum Gasteiger partial charge on any atom is 0.227 e. The third-order valence-corrected chi connectivity index (χ3v) is 4.03. The van der Waals surface area contributed by atoms with E-state index in [9.17, 15) is 9.59 Å². The lowest BCUT2D eigenvalue weighted by molar-refractivity contribution is -0.139. The van der Waals surface area contributed by atoms with Gasteiger partial charge in [0.1, 0.15) is 0 Å². The molecule has 2 rings (SSSR count). The number of benzene rings is 1. The SMILES string of the molecule is COCCC(=O)N1CCN(C(=O)Cc2ccc(Cl)cc2)CC1. The molecule has 6 heteroatoms. The number of amides is 2. The topological polar surface area (TPSA) is 49.9 Å². The van der Waals surface area contributed by atoms with Crippen molar-refractivity contribution >= 4 is 23.4 Å². The summed E-state index contributed by atoms with van der Waals surface area (Å²) >= 11 is 5.84. The van der Waals surface area contributed by atoms with Crippen LogP contribution in [0.4, 0.5) is 0 Å². The van der Waals surface area contributed by atoms with Gasteiger partial charge in [0.25, 0.3) is 0 Å². The third kappa shape index (κ3) is 4.71. The standard InChI is InChI=1S/C16H21ClN2O3/c1-22-11-6-15(20)18-7-9-19(10-8-18)16(21)12-13-2-4-14(17)5-3-13/h2-5H,6-12H2,1H3. The van der Waals surface area contributed by atoms with Crippen molar-refractivity contribution in [3.63, 3.8) is 0 Å². The highest BCUT2D eigenvalue weighted by Gasteiger charge is 2.23. The molecule has 1 aromatic rings. The third-order valence-electron chi connectivity index (χ3n) is 3.77. The van der Waals surface area contributed by atoms with E-state index in [1.807, 2.05) is 17.0 Å². The Morgan fingerprint density at radius 2 is 1.59 bits per heavy atom. The molecule has 0 spiro atoms. The van der Waals surface area contributed by atoms with Crippen LogP contribution in [0, 0.1) is 0 Å². The zero-order valence-electron chi connectivity index (χ0n) is 12.8. The average molecular weight is 325 g/mol. The number of ether oxygens (including phenoxy) is 1. The number of hydrogen-bond donors (Lipinski definition) is 0. The Kier molecular flexibility index (Phi) is 6.21. The van der Waals surface area contributed by atoms with Crippen LogP contribution in [0.25, 0.3) is 0 Å². The Balaban J connectivity index is 1.79. The molecule has 1 fully saturated rings. The number of hydrogen-bond acceptors (Lipinski definition) is 3. The normalized spacial score (nSPS) is 15.0. The molecule has 0 bridgehead atoms. The number of piperazine rings is 1. The van der Waals surface area contributed by atoms with Gasteiger partial charge in [-0.1, -0.05) is 23.7 Å². The van der Waals surface area contributed by atoms with Crippen molar-refractivity contribution < 1.29 is 14.3 Å². The van der Waals surface area contributed by atoms with E-state index in [-0.39, 0.29) is 11.8 Å². The first kappa shape index (κ1) is 16.8. The second-order valence-electron chi connectivity index (χ2n) is 5.31. The van der Waals surface area contributed by atoms with E-state index < -0.39 is 0 Å². The van der Waals surface area contributed by atoms with Crippen LogP contribution in [0.2, 0.25) is 5.02 Å². The largest absolute Gasteiger partial charge is 0.384 e. The smallest absolute Gasteiger partial charge is 0.227 e. The van der Waals surface area contributed by atoms with Gasteiger partial charge >= 0.3 is 0 Å². The molecule has 0 aromatic heterocycles. The number of carbonyl (C=O) groups excluding carboxylic acids is 2. The van der Waals surface area contributed by atoms with Crippen molar-refractivity contribution in [2.75, 3.05) is 39.9 Å². The number of methoxy groups -OCH3 is 1. The summed E-state index contributed by atoms with van der Waals surface area (Å²) in [6, 6.07) is 7.31. The minimum Gasteiger partial charge on any atom is -0.384 e. The maximum atomic E-state index is 12.3. The van der Waals surface area contributed by atoms with Gasteiger partial charge in [0, 0.05) is 38.3 Å². The number of carbonyl (C=O) groups is 2. The highest BCUT2D eigenvalue weighted by molar-refractivity contribution is 6.30. The van der Waals surface area contributed by atoms with Crippen LogP contribution in [-0.2, 0) is 20.7 Å². The first-order valence-electron chi connectivity index (χ1n) is 7.39. The van der Waals surface area contributed by atoms with Gasteiger partial charge in [-0.05, 0) is 17.7 Å². The Hall–Kier alpha value is -1.59. The number of rotatable bonds is 5. The average Bonchev–Trinajstić information content (AvgIpc) is 2.55. The van der Waals surface area contributed by atoms with E-state index in [1.165, 1.54) is 0 Å². The first-order valence-corrected chi connectivity index (χ1v) is 7.77. The number of nitrogens with zero attached hydrogens (tertiary/aromatic N) is 2. The van der Waals surface area contributed by atoms with E-state index in [2.05, 4.69) is 0 Å². The van der Waals surface area contributed by atoms with E-state index >= 15 is 0 Å². The zero-order valence-corrected chi connectivity index (χ0v) is 13.5. The molecule has 1 aliphatic rings. The lowest BCUT2D eigenvalue weighted by atomic mass is 10.1. The lowest BCUT2D eigenvalue weighted by Crippen LogP contribution is -2.51. The molecule has 22 heavy (non-hydrogen) atoms. The van der Waals surface area contributed by atoms with E-state index in [4.69, 9.17) is 16.3 Å². The zero-order chi connectivity index (χ0) is 15.9. The molecule has 0 radical (unpaired) electrons. The van der Waals surface area contributed by atoms with Crippen molar-refractivity contribution in [3.05, 3.63) is 34.9 Å². The molecule has 120 valence electrons. The minimum absolute atomic E-state index is 0.0892. The van der Waals surface area contributed by atoms with Crippen molar-refractivity contribution in [2.24, 2.45) is 0 Å². The van der Waals surface area contributed by atoms with Crippen molar-refractivity contribution in [1.82, 2.24) is 9.80 Å². The van der Waals surface area contributed by atoms with E-state index in [0.717, 1.165) is 5.56 Å². The molecule has 1 aromatic carbocycles. The van der Waals surface area contributed by atoms with Crippen LogP contribution in [0.1, 0.15) is 12.0 Å². The molecule has 2 amide bonds. The molecular weight excluding hydrogens is 304 g/mol. The quantitative estimate of drug-likeness (QED) is 0.826. The van der Waals surface area contributed by atoms with Crippen molar-refractivity contribution in [3.8, 4) is 0 Å². The summed E-state index contributed by atoms with van der Waals surface area (Å²) in [5.74, 6) is 0.179. The van der Waals surface area contributed by atoms with Crippen LogP contribution in [0.5, 0.6) is 0 Å². The molecule has 0 atom stereocenters. The van der Waals surface area contributed by atoms with Gasteiger partial charge in [0.15, 0.2) is 0 Å². The molecule has 1 heterocycles. The van der Waals surface area contributed by atoms with Crippen LogP contribution in [0.3, 0.4) is 0 Å². The molecule has 1 aliphatic heterocycles. The summed E-state index contributed by atoms with van der Waals surface area (Å²) in [6.45, 7) is 2.80. The van der Waals surface area contributed by atoms with Crippen LogP contribution in [0.15, 0.2) is 24.3 Å². The molecule has 0 unspecified atom stereocenters. The highest BCUT2D eigenvalue weighted by Crippen LogP contribution is 2.12. The van der Waals surface area contributed by atoms with Crippen LogP contribution >= 0.6 is 11.6 Å². The van der Waals surface area contributed by atoms with Gasteiger partial charge in [0.05, 0.1) is 19.4 Å². The van der Waals surface area contributed by atoms with E-state index in [1.54, 1.807) is 24.1 Å². The Morgan fingerprint density at radius 1 is 1.05 bits per heavy atom. The maximum absolute atomic E-state index is 12.3. The van der Waals surface area contributed by atoms with Crippen LogP contribution < -0.4 is 0 Å².